The fourth-order valence-electron chi connectivity index (χ4n) is 3.68. The third kappa shape index (κ3) is 1.78. The minimum Gasteiger partial charge on any atom is -0.303 e. The SMILES string of the molecule is CCN1CCn2ncc(-n3c4ccc(F)cc4c4[nH]ncc43)c2C1. The van der Waals surface area contributed by atoms with Gasteiger partial charge in [0.15, 0.2) is 0 Å². The number of halogens is 1. The van der Waals surface area contributed by atoms with Crippen molar-refractivity contribution >= 4 is 21.9 Å². The molecule has 4 heterocycles. The van der Waals surface area contributed by atoms with Gasteiger partial charge in [-0.3, -0.25) is 14.7 Å². The maximum Gasteiger partial charge on any atom is 0.124 e. The Labute approximate surface area is 137 Å². The van der Waals surface area contributed by atoms with Crippen molar-refractivity contribution in [2.24, 2.45) is 0 Å². The van der Waals surface area contributed by atoms with Gasteiger partial charge in [0.1, 0.15) is 5.82 Å². The van der Waals surface area contributed by atoms with Gasteiger partial charge in [0, 0.05) is 18.5 Å². The molecule has 7 heteroatoms. The molecule has 1 aliphatic rings. The molecule has 0 atom stereocenters. The van der Waals surface area contributed by atoms with Gasteiger partial charge in [-0.2, -0.15) is 10.2 Å². The van der Waals surface area contributed by atoms with Crippen LogP contribution in [0.25, 0.3) is 27.6 Å². The standard InChI is InChI=1S/C17H17FN6/c1-2-22-5-6-23-16(10-22)14(9-20-23)24-13-4-3-11(18)7-12(13)17-15(24)8-19-21-17/h3-4,7-9H,2,5-6,10H2,1H3,(H,19,21). The smallest absolute Gasteiger partial charge is 0.124 e. The van der Waals surface area contributed by atoms with Crippen LogP contribution in [0.3, 0.4) is 0 Å². The number of hydrogen-bond acceptors (Lipinski definition) is 3. The number of H-pyrrole nitrogens is 1. The predicted octanol–water partition coefficient (Wildman–Crippen LogP) is 2.68. The van der Waals surface area contributed by atoms with Crippen molar-refractivity contribution in [1.82, 2.24) is 29.4 Å². The summed E-state index contributed by atoms with van der Waals surface area (Å²) < 4.78 is 17.9. The molecule has 0 aliphatic carbocycles. The predicted molar refractivity (Wildman–Crippen MR) is 89.6 cm³/mol. The molecular weight excluding hydrogens is 307 g/mol. The lowest BCUT2D eigenvalue weighted by Crippen LogP contribution is -2.34. The van der Waals surface area contributed by atoms with Crippen molar-refractivity contribution in [2.45, 2.75) is 20.0 Å². The first-order valence-electron chi connectivity index (χ1n) is 8.16. The van der Waals surface area contributed by atoms with Crippen LogP contribution in [0.1, 0.15) is 12.6 Å². The Morgan fingerprint density at radius 2 is 2.12 bits per heavy atom. The first-order valence-corrected chi connectivity index (χ1v) is 8.16. The molecule has 0 unspecified atom stereocenters. The van der Waals surface area contributed by atoms with Gasteiger partial charge in [0.25, 0.3) is 0 Å². The van der Waals surface area contributed by atoms with E-state index >= 15 is 0 Å². The Balaban J connectivity index is 1.81. The van der Waals surface area contributed by atoms with E-state index < -0.39 is 0 Å². The first-order chi connectivity index (χ1) is 11.8. The molecule has 6 nitrogen and oxygen atoms in total. The van der Waals surface area contributed by atoms with Gasteiger partial charge in [0.2, 0.25) is 0 Å². The largest absolute Gasteiger partial charge is 0.303 e. The van der Waals surface area contributed by atoms with E-state index in [1.54, 1.807) is 12.3 Å². The first kappa shape index (κ1) is 13.7. The summed E-state index contributed by atoms with van der Waals surface area (Å²) in [5, 5.41) is 12.5. The van der Waals surface area contributed by atoms with Crippen molar-refractivity contribution in [3.05, 3.63) is 42.1 Å². The number of nitrogens with one attached hydrogen (secondary N) is 1. The number of aromatic amines is 1. The summed E-state index contributed by atoms with van der Waals surface area (Å²) in [6, 6.07) is 4.88. The third-order valence-corrected chi connectivity index (χ3v) is 4.95. The number of rotatable bonds is 2. The van der Waals surface area contributed by atoms with E-state index in [1.165, 1.54) is 11.8 Å². The van der Waals surface area contributed by atoms with E-state index in [0.717, 1.165) is 53.8 Å². The summed E-state index contributed by atoms with van der Waals surface area (Å²) >= 11 is 0. The molecule has 5 rings (SSSR count). The highest BCUT2D eigenvalue weighted by molar-refractivity contribution is 6.06. The fourth-order valence-corrected chi connectivity index (χ4v) is 3.68. The average Bonchev–Trinajstić information content (AvgIpc) is 3.28. The Bertz CT molecular complexity index is 1060. The molecule has 0 fully saturated rings. The lowest BCUT2D eigenvalue weighted by molar-refractivity contribution is 0.224. The lowest BCUT2D eigenvalue weighted by Gasteiger charge is -2.27. The van der Waals surface area contributed by atoms with Crippen LogP contribution in [0.2, 0.25) is 0 Å². The highest BCUT2D eigenvalue weighted by atomic mass is 19.1. The minimum absolute atomic E-state index is 0.245. The molecule has 1 aliphatic heterocycles. The van der Waals surface area contributed by atoms with Gasteiger partial charge in [-0.25, -0.2) is 4.39 Å². The molecule has 0 radical (unpaired) electrons. The minimum atomic E-state index is -0.245. The molecule has 24 heavy (non-hydrogen) atoms. The fraction of sp³-hybridized carbons (Fsp3) is 0.294. The zero-order valence-corrected chi connectivity index (χ0v) is 13.3. The van der Waals surface area contributed by atoms with Crippen molar-refractivity contribution in [3.8, 4) is 5.69 Å². The molecule has 0 amide bonds. The van der Waals surface area contributed by atoms with Crippen molar-refractivity contribution in [3.63, 3.8) is 0 Å². The Hall–Kier alpha value is -2.67. The maximum absolute atomic E-state index is 13.7. The second-order valence-electron chi connectivity index (χ2n) is 6.20. The molecule has 3 aromatic heterocycles. The van der Waals surface area contributed by atoms with Crippen LogP contribution < -0.4 is 0 Å². The number of nitrogens with zero attached hydrogens (tertiary/aromatic N) is 5. The lowest BCUT2D eigenvalue weighted by atomic mass is 10.2. The maximum atomic E-state index is 13.7. The Kier molecular flexibility index (Phi) is 2.81. The van der Waals surface area contributed by atoms with Gasteiger partial charge < -0.3 is 4.57 Å². The van der Waals surface area contributed by atoms with Crippen LogP contribution >= 0.6 is 0 Å². The summed E-state index contributed by atoms with van der Waals surface area (Å²) in [4.78, 5) is 2.40. The number of benzene rings is 1. The van der Waals surface area contributed by atoms with Crippen LogP contribution in [0.15, 0.2) is 30.6 Å². The van der Waals surface area contributed by atoms with Crippen molar-refractivity contribution in [1.29, 1.82) is 0 Å². The number of hydrogen-bond donors (Lipinski definition) is 1. The molecule has 122 valence electrons. The molecule has 0 saturated heterocycles. The van der Waals surface area contributed by atoms with E-state index in [2.05, 4.69) is 36.4 Å². The topological polar surface area (TPSA) is 54.7 Å². The Morgan fingerprint density at radius 3 is 3.00 bits per heavy atom. The highest BCUT2D eigenvalue weighted by Gasteiger charge is 2.23. The van der Waals surface area contributed by atoms with Crippen LogP contribution in [-0.2, 0) is 13.1 Å². The molecule has 1 N–H and O–H groups in total. The monoisotopic (exact) mass is 324 g/mol. The van der Waals surface area contributed by atoms with E-state index in [0.29, 0.717) is 0 Å². The van der Waals surface area contributed by atoms with E-state index in [4.69, 9.17) is 0 Å². The Morgan fingerprint density at radius 1 is 1.21 bits per heavy atom. The summed E-state index contributed by atoms with van der Waals surface area (Å²) in [5.74, 6) is -0.245. The van der Waals surface area contributed by atoms with Gasteiger partial charge >= 0.3 is 0 Å². The van der Waals surface area contributed by atoms with Gasteiger partial charge in [0.05, 0.1) is 46.9 Å². The van der Waals surface area contributed by atoms with E-state index in [-0.39, 0.29) is 5.82 Å². The van der Waals surface area contributed by atoms with Crippen LogP contribution in [0.4, 0.5) is 4.39 Å². The summed E-state index contributed by atoms with van der Waals surface area (Å²) in [7, 11) is 0. The highest BCUT2D eigenvalue weighted by Crippen LogP contribution is 2.33. The number of aromatic nitrogens is 5. The van der Waals surface area contributed by atoms with E-state index in [9.17, 15) is 4.39 Å². The van der Waals surface area contributed by atoms with Crippen molar-refractivity contribution < 1.29 is 4.39 Å². The number of fused-ring (bicyclic) bond motifs is 4. The zero-order valence-electron chi connectivity index (χ0n) is 13.3. The normalized spacial score (nSPS) is 15.4. The third-order valence-electron chi connectivity index (χ3n) is 4.95. The number of likely N-dealkylation sites (N-methyl/N-ethyl adjacent to an activating group) is 1. The second-order valence-corrected chi connectivity index (χ2v) is 6.20. The van der Waals surface area contributed by atoms with Crippen LogP contribution in [-0.4, -0.2) is 42.5 Å². The molecule has 0 saturated carbocycles. The zero-order chi connectivity index (χ0) is 16.3. The van der Waals surface area contributed by atoms with Crippen molar-refractivity contribution in [2.75, 3.05) is 13.1 Å². The molecule has 4 aromatic rings. The summed E-state index contributed by atoms with van der Waals surface area (Å²) in [6.07, 6.45) is 3.70. The summed E-state index contributed by atoms with van der Waals surface area (Å²) in [6.45, 7) is 5.97. The van der Waals surface area contributed by atoms with Crippen LogP contribution in [0.5, 0.6) is 0 Å². The van der Waals surface area contributed by atoms with E-state index in [1.807, 2.05) is 12.3 Å². The molecule has 0 bridgehead atoms. The quantitative estimate of drug-likeness (QED) is 0.617. The van der Waals surface area contributed by atoms with Gasteiger partial charge in [-0.05, 0) is 24.7 Å². The molecule has 1 aromatic carbocycles. The van der Waals surface area contributed by atoms with Gasteiger partial charge in [-0.1, -0.05) is 6.92 Å². The van der Waals surface area contributed by atoms with Gasteiger partial charge in [-0.15, -0.1) is 0 Å². The molecule has 0 spiro atoms. The second kappa shape index (κ2) is 4.91. The van der Waals surface area contributed by atoms with Crippen LogP contribution in [0, 0.1) is 5.82 Å². The molecular formula is C17H17FN6. The average molecular weight is 324 g/mol. The summed E-state index contributed by atoms with van der Waals surface area (Å²) in [5.41, 5.74) is 4.99.